The Morgan fingerprint density at radius 3 is 2.90 bits per heavy atom. The Morgan fingerprint density at radius 2 is 2.25 bits per heavy atom. The number of nitrogens with two attached hydrogens (primary N) is 1. The van der Waals surface area contributed by atoms with Gasteiger partial charge in [0, 0.05) is 6.42 Å². The molecule has 3 N–H and O–H groups in total. The Labute approximate surface area is 121 Å². The van der Waals surface area contributed by atoms with Gasteiger partial charge in [0.2, 0.25) is 5.91 Å². The zero-order valence-electron chi connectivity index (χ0n) is 12.5. The number of unbranched alkanes of at least 4 members (excludes halogenated alkanes) is 2. The maximum atomic E-state index is 11.6. The van der Waals surface area contributed by atoms with Gasteiger partial charge in [-0.25, -0.2) is 0 Å². The second-order valence-electron chi connectivity index (χ2n) is 5.47. The number of furan rings is 1. The summed E-state index contributed by atoms with van der Waals surface area (Å²) in [5.74, 6) is 1.36. The van der Waals surface area contributed by atoms with Gasteiger partial charge in [-0.05, 0) is 49.9 Å². The normalized spacial score (nSPS) is 13.0. The molecule has 0 fully saturated rings. The van der Waals surface area contributed by atoms with Crippen LogP contribution in [0.5, 0.6) is 0 Å². The van der Waals surface area contributed by atoms with Gasteiger partial charge >= 0.3 is 0 Å². The van der Waals surface area contributed by atoms with Crippen LogP contribution in [0.25, 0.3) is 0 Å². The van der Waals surface area contributed by atoms with Gasteiger partial charge in [0.15, 0.2) is 0 Å². The first-order chi connectivity index (χ1) is 9.59. The average molecular weight is 278 g/mol. The lowest BCUT2D eigenvalue weighted by Gasteiger charge is -2.12. The molecule has 0 aromatic carbocycles. The fourth-order valence-electron chi connectivity index (χ4n) is 1.96. The maximum absolute atomic E-state index is 11.6. The SMILES string of the molecule is CC(C)C[C@H](N)C(=O)N/C=C/CCCCc1ccco1. The molecule has 1 amide bonds. The molecular weight excluding hydrogens is 252 g/mol. The van der Waals surface area contributed by atoms with E-state index in [0.29, 0.717) is 12.3 Å². The smallest absolute Gasteiger partial charge is 0.240 e. The predicted molar refractivity (Wildman–Crippen MR) is 81.0 cm³/mol. The first-order valence-corrected chi connectivity index (χ1v) is 7.33. The first kappa shape index (κ1) is 16.5. The van der Waals surface area contributed by atoms with Gasteiger partial charge < -0.3 is 15.5 Å². The quantitative estimate of drug-likeness (QED) is 0.682. The van der Waals surface area contributed by atoms with E-state index in [1.54, 1.807) is 12.5 Å². The molecule has 0 unspecified atom stereocenters. The van der Waals surface area contributed by atoms with E-state index in [1.165, 1.54) is 0 Å². The molecular formula is C16H26N2O2. The van der Waals surface area contributed by atoms with Crippen molar-refractivity contribution in [1.82, 2.24) is 5.32 Å². The minimum atomic E-state index is -0.418. The number of allylic oxidation sites excluding steroid dienone is 1. The molecule has 0 aliphatic carbocycles. The molecule has 1 rings (SSSR count). The van der Waals surface area contributed by atoms with Crippen molar-refractivity contribution >= 4 is 5.91 Å². The molecule has 4 nitrogen and oxygen atoms in total. The summed E-state index contributed by atoms with van der Waals surface area (Å²) >= 11 is 0. The minimum absolute atomic E-state index is 0.106. The van der Waals surface area contributed by atoms with E-state index >= 15 is 0 Å². The van der Waals surface area contributed by atoms with Gasteiger partial charge in [-0.2, -0.15) is 0 Å². The molecule has 0 bridgehead atoms. The summed E-state index contributed by atoms with van der Waals surface area (Å²) in [6.07, 6.45) is 10.2. The molecule has 0 spiro atoms. The van der Waals surface area contributed by atoms with Gasteiger partial charge in [0.1, 0.15) is 5.76 Å². The van der Waals surface area contributed by atoms with Crippen LogP contribution in [0.2, 0.25) is 0 Å². The molecule has 112 valence electrons. The molecule has 0 aliphatic heterocycles. The van der Waals surface area contributed by atoms with E-state index < -0.39 is 6.04 Å². The fourth-order valence-corrected chi connectivity index (χ4v) is 1.96. The third kappa shape index (κ3) is 7.14. The second kappa shape index (κ2) is 9.37. The lowest BCUT2D eigenvalue weighted by Crippen LogP contribution is -2.39. The van der Waals surface area contributed by atoms with Crippen LogP contribution in [0.15, 0.2) is 35.1 Å². The van der Waals surface area contributed by atoms with Gasteiger partial charge in [0.05, 0.1) is 12.3 Å². The predicted octanol–water partition coefficient (Wildman–Crippen LogP) is 3.00. The maximum Gasteiger partial charge on any atom is 0.240 e. The molecule has 4 heteroatoms. The van der Waals surface area contributed by atoms with Crippen molar-refractivity contribution in [3.63, 3.8) is 0 Å². The van der Waals surface area contributed by atoms with Crippen molar-refractivity contribution in [2.24, 2.45) is 11.7 Å². The Kier molecular flexibility index (Phi) is 7.73. The summed E-state index contributed by atoms with van der Waals surface area (Å²) in [5.41, 5.74) is 5.78. The lowest BCUT2D eigenvalue weighted by atomic mass is 10.0. The fraction of sp³-hybridized carbons (Fsp3) is 0.562. The van der Waals surface area contributed by atoms with Gasteiger partial charge in [0.25, 0.3) is 0 Å². The molecule has 0 saturated carbocycles. The topological polar surface area (TPSA) is 68.3 Å². The summed E-state index contributed by atoms with van der Waals surface area (Å²) in [6.45, 7) is 4.12. The van der Waals surface area contributed by atoms with Crippen molar-refractivity contribution in [2.45, 2.75) is 52.0 Å². The Hall–Kier alpha value is -1.55. The van der Waals surface area contributed by atoms with Crippen LogP contribution >= 0.6 is 0 Å². The van der Waals surface area contributed by atoms with E-state index in [2.05, 4.69) is 19.2 Å². The highest BCUT2D eigenvalue weighted by Gasteiger charge is 2.12. The monoisotopic (exact) mass is 278 g/mol. The summed E-state index contributed by atoms with van der Waals surface area (Å²) in [4.78, 5) is 11.6. The van der Waals surface area contributed by atoms with Crippen molar-refractivity contribution in [2.75, 3.05) is 0 Å². The Bertz CT molecular complexity index is 397. The zero-order valence-corrected chi connectivity index (χ0v) is 12.5. The average Bonchev–Trinajstić information content (AvgIpc) is 2.89. The van der Waals surface area contributed by atoms with Crippen LogP contribution in [0.4, 0.5) is 0 Å². The highest BCUT2D eigenvalue weighted by atomic mass is 16.3. The van der Waals surface area contributed by atoms with E-state index in [1.807, 2.05) is 18.2 Å². The van der Waals surface area contributed by atoms with Crippen molar-refractivity contribution in [3.8, 4) is 0 Å². The van der Waals surface area contributed by atoms with Crippen molar-refractivity contribution in [3.05, 3.63) is 36.4 Å². The molecule has 1 aromatic heterocycles. The molecule has 1 atom stereocenters. The van der Waals surface area contributed by atoms with E-state index in [0.717, 1.165) is 31.4 Å². The zero-order chi connectivity index (χ0) is 14.8. The number of nitrogens with one attached hydrogen (secondary N) is 1. The number of carbonyl (C=O) groups is 1. The third-order valence-corrected chi connectivity index (χ3v) is 3.03. The van der Waals surface area contributed by atoms with Gasteiger partial charge in [-0.15, -0.1) is 0 Å². The van der Waals surface area contributed by atoms with Crippen LogP contribution in [-0.2, 0) is 11.2 Å². The van der Waals surface area contributed by atoms with E-state index in [9.17, 15) is 4.79 Å². The molecule has 0 radical (unpaired) electrons. The number of hydrogen-bond donors (Lipinski definition) is 2. The van der Waals surface area contributed by atoms with E-state index in [-0.39, 0.29) is 5.91 Å². The van der Waals surface area contributed by atoms with Crippen molar-refractivity contribution in [1.29, 1.82) is 0 Å². The van der Waals surface area contributed by atoms with Crippen molar-refractivity contribution < 1.29 is 9.21 Å². The van der Waals surface area contributed by atoms with Crippen LogP contribution in [-0.4, -0.2) is 11.9 Å². The number of rotatable bonds is 9. The lowest BCUT2D eigenvalue weighted by molar-refractivity contribution is -0.121. The second-order valence-corrected chi connectivity index (χ2v) is 5.47. The molecule has 0 saturated heterocycles. The van der Waals surface area contributed by atoms with Gasteiger partial charge in [-0.3, -0.25) is 4.79 Å². The highest BCUT2D eigenvalue weighted by Crippen LogP contribution is 2.07. The van der Waals surface area contributed by atoms with Crippen LogP contribution in [0.3, 0.4) is 0 Å². The van der Waals surface area contributed by atoms with E-state index in [4.69, 9.17) is 10.2 Å². The number of amides is 1. The Morgan fingerprint density at radius 1 is 1.45 bits per heavy atom. The highest BCUT2D eigenvalue weighted by molar-refractivity contribution is 5.82. The summed E-state index contributed by atoms with van der Waals surface area (Å²) in [5, 5.41) is 2.73. The Balaban J connectivity index is 2.05. The molecule has 0 aliphatic rings. The first-order valence-electron chi connectivity index (χ1n) is 7.33. The van der Waals surface area contributed by atoms with Gasteiger partial charge in [-0.1, -0.05) is 19.9 Å². The number of carbonyl (C=O) groups excluding carboxylic acids is 1. The summed E-state index contributed by atoms with van der Waals surface area (Å²) in [6, 6.07) is 3.48. The molecule has 20 heavy (non-hydrogen) atoms. The third-order valence-electron chi connectivity index (χ3n) is 3.03. The molecule has 1 heterocycles. The molecule has 1 aromatic rings. The number of hydrogen-bond acceptors (Lipinski definition) is 3. The summed E-state index contributed by atoms with van der Waals surface area (Å²) < 4.78 is 5.26. The van der Waals surface area contributed by atoms with Crippen LogP contribution in [0.1, 0.15) is 45.3 Å². The standard InChI is InChI=1S/C16H26N2O2/c1-13(2)12-15(17)16(19)18-10-6-4-3-5-8-14-9-7-11-20-14/h6-7,9-11,13,15H,3-5,8,12,17H2,1-2H3,(H,18,19)/b10-6+/t15-/m0/s1. The van der Waals surface area contributed by atoms with Crippen LogP contribution in [0, 0.1) is 5.92 Å². The minimum Gasteiger partial charge on any atom is -0.469 e. The largest absolute Gasteiger partial charge is 0.469 e. The number of aryl methyl sites for hydroxylation is 1. The summed E-state index contributed by atoms with van der Waals surface area (Å²) in [7, 11) is 0. The van der Waals surface area contributed by atoms with Crippen LogP contribution < -0.4 is 11.1 Å².